The van der Waals surface area contributed by atoms with Gasteiger partial charge in [0.1, 0.15) is 5.82 Å². The molecule has 17 heavy (non-hydrogen) atoms. The van der Waals surface area contributed by atoms with Gasteiger partial charge in [-0.15, -0.1) is 0 Å². The summed E-state index contributed by atoms with van der Waals surface area (Å²) in [7, 11) is 2.01. The summed E-state index contributed by atoms with van der Waals surface area (Å²) in [5, 5.41) is 0. The third-order valence-electron chi connectivity index (χ3n) is 2.56. The third kappa shape index (κ3) is 4.71. The molecule has 0 saturated heterocycles. The van der Waals surface area contributed by atoms with Crippen molar-refractivity contribution in [1.82, 2.24) is 4.98 Å². The van der Waals surface area contributed by atoms with E-state index in [-0.39, 0.29) is 12.1 Å². The molecular weight excluding hydrogens is 214 g/mol. The van der Waals surface area contributed by atoms with Gasteiger partial charge in [-0.2, -0.15) is 0 Å². The number of pyridine rings is 1. The van der Waals surface area contributed by atoms with Gasteiger partial charge in [0.2, 0.25) is 0 Å². The van der Waals surface area contributed by atoms with Gasteiger partial charge in [0.25, 0.3) is 0 Å². The molecule has 0 aliphatic carbocycles. The molecule has 4 nitrogen and oxygen atoms in total. The number of aromatic nitrogens is 1. The quantitative estimate of drug-likeness (QED) is 0.821. The molecule has 1 aromatic rings. The predicted octanol–water partition coefficient (Wildman–Crippen LogP) is 1.96. The van der Waals surface area contributed by atoms with Crippen molar-refractivity contribution in [1.29, 1.82) is 0 Å². The molecule has 0 bridgehead atoms. The second-order valence-electron chi connectivity index (χ2n) is 4.58. The molecule has 0 amide bonds. The van der Waals surface area contributed by atoms with Crippen LogP contribution in [0.3, 0.4) is 0 Å². The number of ether oxygens (including phenoxy) is 1. The van der Waals surface area contributed by atoms with E-state index in [1.165, 1.54) is 0 Å². The number of likely N-dealkylation sites (N-methyl/N-ethyl adjacent to an activating group) is 1. The van der Waals surface area contributed by atoms with Crippen LogP contribution in [0.25, 0.3) is 0 Å². The van der Waals surface area contributed by atoms with Gasteiger partial charge < -0.3 is 15.4 Å². The number of rotatable bonds is 6. The van der Waals surface area contributed by atoms with Crippen LogP contribution >= 0.6 is 0 Å². The summed E-state index contributed by atoms with van der Waals surface area (Å²) in [6.07, 6.45) is 2.07. The van der Waals surface area contributed by atoms with Crippen LogP contribution in [0, 0.1) is 0 Å². The molecule has 1 heterocycles. The van der Waals surface area contributed by atoms with Gasteiger partial charge in [0.05, 0.1) is 12.7 Å². The molecule has 1 rings (SSSR count). The van der Waals surface area contributed by atoms with Gasteiger partial charge in [-0.05, 0) is 38.5 Å². The summed E-state index contributed by atoms with van der Waals surface area (Å²) in [4.78, 5) is 6.41. The van der Waals surface area contributed by atoms with Gasteiger partial charge in [-0.3, -0.25) is 0 Å². The first kappa shape index (κ1) is 13.9. The van der Waals surface area contributed by atoms with Crippen molar-refractivity contribution in [2.75, 3.05) is 25.1 Å². The molecule has 96 valence electrons. The Labute approximate surface area is 104 Å². The van der Waals surface area contributed by atoms with E-state index in [2.05, 4.69) is 9.88 Å². The maximum Gasteiger partial charge on any atom is 0.128 e. The molecule has 1 atom stereocenters. The van der Waals surface area contributed by atoms with E-state index in [1.54, 1.807) is 6.20 Å². The van der Waals surface area contributed by atoms with Crippen LogP contribution in [0.15, 0.2) is 18.3 Å². The number of nitrogens with two attached hydrogens (primary N) is 1. The Hall–Kier alpha value is -1.13. The molecule has 0 radical (unpaired) electrons. The van der Waals surface area contributed by atoms with Crippen molar-refractivity contribution < 1.29 is 4.74 Å². The monoisotopic (exact) mass is 237 g/mol. The SMILES string of the molecule is CC(C)OCCN(C)c1cc([C@@H](C)N)ccn1. The Bertz CT molecular complexity index is 339. The van der Waals surface area contributed by atoms with E-state index >= 15 is 0 Å². The predicted molar refractivity (Wildman–Crippen MR) is 71.2 cm³/mol. The summed E-state index contributed by atoms with van der Waals surface area (Å²) in [6, 6.07) is 4.02. The first-order valence-corrected chi connectivity index (χ1v) is 6.05. The largest absolute Gasteiger partial charge is 0.377 e. The van der Waals surface area contributed by atoms with Gasteiger partial charge in [0, 0.05) is 25.8 Å². The standard InChI is InChI=1S/C13H23N3O/c1-10(2)17-8-7-16(4)13-9-12(11(3)14)5-6-15-13/h5-6,9-11H,7-8,14H2,1-4H3/t11-/m1/s1. The van der Waals surface area contributed by atoms with Gasteiger partial charge in [0.15, 0.2) is 0 Å². The smallest absolute Gasteiger partial charge is 0.128 e. The van der Waals surface area contributed by atoms with E-state index in [4.69, 9.17) is 10.5 Å². The van der Waals surface area contributed by atoms with Crippen molar-refractivity contribution in [3.8, 4) is 0 Å². The Morgan fingerprint density at radius 3 is 2.71 bits per heavy atom. The van der Waals surface area contributed by atoms with Gasteiger partial charge in [-0.25, -0.2) is 4.98 Å². The fraction of sp³-hybridized carbons (Fsp3) is 0.615. The fourth-order valence-electron chi connectivity index (χ4n) is 1.47. The van der Waals surface area contributed by atoms with Crippen molar-refractivity contribution in [3.63, 3.8) is 0 Å². The van der Waals surface area contributed by atoms with Crippen LogP contribution in [0.5, 0.6) is 0 Å². The minimum Gasteiger partial charge on any atom is -0.377 e. The first-order valence-electron chi connectivity index (χ1n) is 6.05. The molecule has 0 fully saturated rings. The van der Waals surface area contributed by atoms with E-state index in [9.17, 15) is 0 Å². The Kier molecular flexibility index (Phi) is 5.38. The van der Waals surface area contributed by atoms with Crippen molar-refractivity contribution in [3.05, 3.63) is 23.9 Å². The van der Waals surface area contributed by atoms with Crippen molar-refractivity contribution in [2.24, 2.45) is 5.73 Å². The maximum atomic E-state index is 5.85. The molecule has 1 aromatic heterocycles. The van der Waals surface area contributed by atoms with Crippen LogP contribution in [-0.4, -0.2) is 31.3 Å². The normalized spacial score (nSPS) is 12.8. The minimum absolute atomic E-state index is 0.0389. The summed E-state index contributed by atoms with van der Waals surface area (Å²) < 4.78 is 5.52. The Balaban J connectivity index is 2.56. The molecule has 0 saturated carbocycles. The van der Waals surface area contributed by atoms with E-state index in [1.807, 2.05) is 40.0 Å². The zero-order valence-electron chi connectivity index (χ0n) is 11.2. The second kappa shape index (κ2) is 6.57. The highest BCUT2D eigenvalue weighted by atomic mass is 16.5. The number of hydrogen-bond acceptors (Lipinski definition) is 4. The molecule has 0 unspecified atom stereocenters. The van der Waals surface area contributed by atoms with Crippen molar-refractivity contribution in [2.45, 2.75) is 32.9 Å². The van der Waals surface area contributed by atoms with Crippen molar-refractivity contribution >= 4 is 5.82 Å². The number of hydrogen-bond donors (Lipinski definition) is 1. The summed E-state index contributed by atoms with van der Waals surface area (Å²) >= 11 is 0. The average Bonchev–Trinajstić information content (AvgIpc) is 2.28. The lowest BCUT2D eigenvalue weighted by Gasteiger charge is -2.20. The summed E-state index contributed by atoms with van der Waals surface area (Å²) in [5.41, 5.74) is 6.95. The van der Waals surface area contributed by atoms with Crippen LogP contribution in [0.2, 0.25) is 0 Å². The van der Waals surface area contributed by atoms with Gasteiger partial charge >= 0.3 is 0 Å². The average molecular weight is 237 g/mol. The Morgan fingerprint density at radius 1 is 1.41 bits per heavy atom. The lowest BCUT2D eigenvalue weighted by atomic mass is 10.1. The molecule has 4 heteroatoms. The lowest BCUT2D eigenvalue weighted by molar-refractivity contribution is 0.0845. The summed E-state index contributed by atoms with van der Waals surface area (Å²) in [6.45, 7) is 7.58. The highest BCUT2D eigenvalue weighted by Crippen LogP contribution is 2.15. The van der Waals surface area contributed by atoms with E-state index in [0.29, 0.717) is 6.61 Å². The molecule has 0 aliphatic heterocycles. The highest BCUT2D eigenvalue weighted by Gasteiger charge is 2.06. The molecule has 0 aliphatic rings. The van der Waals surface area contributed by atoms with E-state index in [0.717, 1.165) is 17.9 Å². The Morgan fingerprint density at radius 2 is 2.12 bits per heavy atom. The minimum atomic E-state index is 0.0389. The second-order valence-corrected chi connectivity index (χ2v) is 4.58. The first-order chi connectivity index (χ1) is 8.00. The molecule has 0 aromatic carbocycles. The molecular formula is C13H23N3O. The topological polar surface area (TPSA) is 51.4 Å². The summed E-state index contributed by atoms with van der Waals surface area (Å²) in [5.74, 6) is 0.937. The van der Waals surface area contributed by atoms with E-state index < -0.39 is 0 Å². The van der Waals surface area contributed by atoms with Crippen LogP contribution < -0.4 is 10.6 Å². The number of anilines is 1. The zero-order chi connectivity index (χ0) is 12.8. The third-order valence-corrected chi connectivity index (χ3v) is 2.56. The van der Waals surface area contributed by atoms with Crippen LogP contribution in [0.4, 0.5) is 5.82 Å². The van der Waals surface area contributed by atoms with Gasteiger partial charge in [-0.1, -0.05) is 0 Å². The lowest BCUT2D eigenvalue weighted by Crippen LogP contribution is -2.25. The van der Waals surface area contributed by atoms with Crippen LogP contribution in [0.1, 0.15) is 32.4 Å². The molecule has 0 spiro atoms. The molecule has 2 N–H and O–H groups in total. The fourth-order valence-corrected chi connectivity index (χ4v) is 1.47. The number of nitrogens with zero attached hydrogens (tertiary/aromatic N) is 2. The maximum absolute atomic E-state index is 5.85. The van der Waals surface area contributed by atoms with Crippen LogP contribution in [-0.2, 0) is 4.74 Å². The highest BCUT2D eigenvalue weighted by molar-refractivity contribution is 5.40. The zero-order valence-corrected chi connectivity index (χ0v) is 11.2.